The minimum atomic E-state index is -5.14. The van der Waals surface area contributed by atoms with Gasteiger partial charge in [-0.25, -0.2) is 18.4 Å². The van der Waals surface area contributed by atoms with Gasteiger partial charge in [-0.05, 0) is 29.5 Å². The summed E-state index contributed by atoms with van der Waals surface area (Å²) in [6, 6.07) is 3.00. The summed E-state index contributed by atoms with van der Waals surface area (Å²) in [4.78, 5) is 15.8. The van der Waals surface area contributed by atoms with Gasteiger partial charge in [-0.15, -0.1) is 0 Å². The molecule has 0 radical (unpaired) electrons. The summed E-state index contributed by atoms with van der Waals surface area (Å²) in [7, 11) is 0. The summed E-state index contributed by atoms with van der Waals surface area (Å²) in [6.45, 7) is 3.32. The lowest BCUT2D eigenvalue weighted by atomic mass is 9.89. The molecule has 0 N–H and O–H groups in total. The molecule has 0 spiro atoms. The van der Waals surface area contributed by atoms with Gasteiger partial charge in [-0.2, -0.15) is 23.5 Å². The molecule has 2 aromatic heterocycles. The molecular formula is C17H15F5N4O. The molecule has 144 valence electrons. The number of halogens is 5. The standard InChI is InChI=1S/C17H15F5N4O/c1-9(2)8-11-10(4-5-23)13(15(18)19)25-14(17(20,21)22)12(11)16(27)26-7-3-6-24-26/h3,6-7,9,15H,4,8H2,1-2H3. The lowest BCUT2D eigenvalue weighted by Crippen LogP contribution is -2.26. The maximum Gasteiger partial charge on any atom is 0.434 e. The predicted molar refractivity (Wildman–Crippen MR) is 84.0 cm³/mol. The van der Waals surface area contributed by atoms with Crippen LogP contribution in [-0.4, -0.2) is 20.7 Å². The highest BCUT2D eigenvalue weighted by Crippen LogP contribution is 2.37. The van der Waals surface area contributed by atoms with E-state index in [9.17, 15) is 26.7 Å². The average molecular weight is 386 g/mol. The Bertz CT molecular complexity index is 867. The highest BCUT2D eigenvalue weighted by atomic mass is 19.4. The zero-order valence-electron chi connectivity index (χ0n) is 14.4. The predicted octanol–water partition coefficient (Wildman–Crippen LogP) is 4.19. The number of alkyl halides is 5. The molecule has 2 rings (SSSR count). The molecule has 0 atom stereocenters. The van der Waals surface area contributed by atoms with Crippen LogP contribution < -0.4 is 0 Å². The highest BCUT2D eigenvalue weighted by molar-refractivity contribution is 5.98. The van der Waals surface area contributed by atoms with E-state index in [-0.39, 0.29) is 23.5 Å². The van der Waals surface area contributed by atoms with Crippen molar-refractivity contribution < 1.29 is 26.7 Å². The van der Waals surface area contributed by atoms with E-state index in [2.05, 4.69) is 10.1 Å². The average Bonchev–Trinajstić information content (AvgIpc) is 3.08. The number of hydrogen-bond acceptors (Lipinski definition) is 4. The van der Waals surface area contributed by atoms with Gasteiger partial charge in [0.1, 0.15) is 5.69 Å². The van der Waals surface area contributed by atoms with Gasteiger partial charge in [0.15, 0.2) is 5.69 Å². The zero-order chi connectivity index (χ0) is 20.4. The van der Waals surface area contributed by atoms with Crippen molar-refractivity contribution in [3.63, 3.8) is 0 Å². The summed E-state index contributed by atoms with van der Waals surface area (Å²) in [5.74, 6) is -1.41. The van der Waals surface area contributed by atoms with Crippen LogP contribution in [-0.2, 0) is 19.0 Å². The molecule has 0 aliphatic rings. The number of carbonyl (C=O) groups excluding carboxylic acids is 1. The molecule has 0 fully saturated rings. The monoisotopic (exact) mass is 386 g/mol. The van der Waals surface area contributed by atoms with Gasteiger partial charge < -0.3 is 0 Å². The van der Waals surface area contributed by atoms with Crippen LogP contribution in [0.25, 0.3) is 0 Å². The third kappa shape index (κ3) is 4.30. The molecule has 0 saturated heterocycles. The van der Waals surface area contributed by atoms with Crippen LogP contribution in [0.3, 0.4) is 0 Å². The van der Waals surface area contributed by atoms with Gasteiger partial charge in [0.25, 0.3) is 12.3 Å². The Hall–Kier alpha value is -2.83. The quantitative estimate of drug-likeness (QED) is 0.723. The van der Waals surface area contributed by atoms with Crippen molar-refractivity contribution in [3.05, 3.63) is 46.5 Å². The van der Waals surface area contributed by atoms with E-state index in [0.717, 1.165) is 6.20 Å². The highest BCUT2D eigenvalue weighted by Gasteiger charge is 2.41. The maximum absolute atomic E-state index is 13.6. The van der Waals surface area contributed by atoms with Crippen molar-refractivity contribution in [2.45, 2.75) is 39.3 Å². The molecule has 0 aliphatic carbocycles. The fraction of sp³-hybridized carbons (Fsp3) is 0.412. The third-order valence-corrected chi connectivity index (χ3v) is 3.71. The molecule has 0 amide bonds. The van der Waals surface area contributed by atoms with Crippen molar-refractivity contribution >= 4 is 5.91 Å². The Kier molecular flexibility index (Phi) is 5.93. The minimum Gasteiger partial charge on any atom is -0.267 e. The smallest absolute Gasteiger partial charge is 0.267 e. The van der Waals surface area contributed by atoms with E-state index in [1.807, 2.05) is 0 Å². The molecule has 0 unspecified atom stereocenters. The van der Waals surface area contributed by atoms with Gasteiger partial charge in [-0.1, -0.05) is 13.8 Å². The van der Waals surface area contributed by atoms with Crippen molar-refractivity contribution in [2.75, 3.05) is 0 Å². The summed E-state index contributed by atoms with van der Waals surface area (Å²) in [5.41, 5.74) is -4.27. The van der Waals surface area contributed by atoms with Crippen LogP contribution in [0.4, 0.5) is 22.0 Å². The molecule has 0 aliphatic heterocycles. The zero-order valence-corrected chi connectivity index (χ0v) is 14.4. The third-order valence-electron chi connectivity index (χ3n) is 3.71. The van der Waals surface area contributed by atoms with E-state index in [4.69, 9.17) is 5.26 Å². The van der Waals surface area contributed by atoms with Crippen LogP contribution in [0.5, 0.6) is 0 Å². The number of nitriles is 1. The summed E-state index contributed by atoms with van der Waals surface area (Å²) >= 11 is 0. The molecule has 5 nitrogen and oxygen atoms in total. The first-order valence-corrected chi connectivity index (χ1v) is 7.90. The number of carbonyl (C=O) groups is 1. The topological polar surface area (TPSA) is 71.6 Å². The summed E-state index contributed by atoms with van der Waals surface area (Å²) < 4.78 is 68.2. The Morgan fingerprint density at radius 2 is 1.96 bits per heavy atom. The normalized spacial score (nSPS) is 11.9. The van der Waals surface area contributed by atoms with E-state index >= 15 is 0 Å². The molecule has 27 heavy (non-hydrogen) atoms. The number of pyridine rings is 1. The van der Waals surface area contributed by atoms with Crippen LogP contribution in [0.2, 0.25) is 0 Å². The Balaban J connectivity index is 2.93. The first-order valence-electron chi connectivity index (χ1n) is 7.90. The molecule has 0 saturated carbocycles. The van der Waals surface area contributed by atoms with Gasteiger partial charge in [0.05, 0.1) is 18.1 Å². The van der Waals surface area contributed by atoms with Gasteiger partial charge in [0, 0.05) is 12.4 Å². The second-order valence-corrected chi connectivity index (χ2v) is 6.16. The SMILES string of the molecule is CC(C)Cc1c(CC#N)c(C(F)F)nc(C(F)(F)F)c1C(=O)n1cccn1. The molecule has 10 heteroatoms. The summed E-state index contributed by atoms with van der Waals surface area (Å²) in [5, 5.41) is 12.6. The van der Waals surface area contributed by atoms with E-state index in [1.165, 1.54) is 12.3 Å². The van der Waals surface area contributed by atoms with Crippen LogP contribution in [0.15, 0.2) is 18.5 Å². The van der Waals surface area contributed by atoms with Crippen LogP contribution in [0, 0.1) is 17.2 Å². The first kappa shape index (κ1) is 20.5. The Morgan fingerprint density at radius 3 is 2.41 bits per heavy atom. The maximum atomic E-state index is 13.6. The lowest BCUT2D eigenvalue weighted by molar-refractivity contribution is -0.141. The fourth-order valence-corrected chi connectivity index (χ4v) is 2.72. The lowest BCUT2D eigenvalue weighted by Gasteiger charge is -2.21. The van der Waals surface area contributed by atoms with Gasteiger partial charge in [0.2, 0.25) is 0 Å². The Morgan fingerprint density at radius 1 is 1.30 bits per heavy atom. The van der Waals surface area contributed by atoms with E-state index in [0.29, 0.717) is 4.68 Å². The van der Waals surface area contributed by atoms with E-state index < -0.39 is 41.9 Å². The van der Waals surface area contributed by atoms with Gasteiger partial charge >= 0.3 is 6.18 Å². The van der Waals surface area contributed by atoms with Crippen molar-refractivity contribution in [1.82, 2.24) is 14.8 Å². The van der Waals surface area contributed by atoms with Crippen LogP contribution >= 0.6 is 0 Å². The number of aromatic nitrogens is 3. The first-order chi connectivity index (χ1) is 12.6. The van der Waals surface area contributed by atoms with E-state index in [1.54, 1.807) is 19.9 Å². The van der Waals surface area contributed by atoms with Crippen LogP contribution in [0.1, 0.15) is 53.1 Å². The molecule has 2 heterocycles. The molecule has 2 aromatic rings. The minimum absolute atomic E-state index is 0.106. The second kappa shape index (κ2) is 7.82. The second-order valence-electron chi connectivity index (χ2n) is 6.16. The fourth-order valence-electron chi connectivity index (χ4n) is 2.72. The number of nitrogens with zero attached hydrogens (tertiary/aromatic N) is 4. The number of hydrogen-bond donors (Lipinski definition) is 0. The largest absolute Gasteiger partial charge is 0.434 e. The van der Waals surface area contributed by atoms with Crippen molar-refractivity contribution in [2.24, 2.45) is 5.92 Å². The van der Waals surface area contributed by atoms with Crippen molar-refractivity contribution in [1.29, 1.82) is 5.26 Å². The molecule has 0 aromatic carbocycles. The van der Waals surface area contributed by atoms with Gasteiger partial charge in [-0.3, -0.25) is 4.79 Å². The Labute approximate surface area is 151 Å². The van der Waals surface area contributed by atoms with Crippen molar-refractivity contribution in [3.8, 4) is 6.07 Å². The molecule has 0 bridgehead atoms. The summed E-state index contributed by atoms with van der Waals surface area (Å²) in [6.07, 6.45) is -6.82. The molecular weight excluding hydrogens is 371 g/mol. The number of rotatable bonds is 5.